The molecule has 0 aromatic heterocycles. The largest absolute Gasteiger partial charge is 0.383 e. The number of rotatable bonds is 6. The molecular formula is C12H25ClN2O2S. The molecule has 1 fully saturated rings. The number of hydrogen-bond donors (Lipinski definition) is 1. The van der Waals surface area contributed by atoms with Crippen molar-refractivity contribution in [2.45, 2.75) is 19.1 Å². The molecule has 0 bridgehead atoms. The Kier molecular flexibility index (Phi) is 9.91. The molecule has 4 nitrogen and oxygen atoms in total. The summed E-state index contributed by atoms with van der Waals surface area (Å²) in [6.45, 7) is 8.05. The van der Waals surface area contributed by atoms with E-state index in [1.807, 2.05) is 16.7 Å². The van der Waals surface area contributed by atoms with Gasteiger partial charge in [-0.25, -0.2) is 0 Å². The summed E-state index contributed by atoms with van der Waals surface area (Å²) in [5, 5.41) is 3.69. The van der Waals surface area contributed by atoms with Crippen LogP contribution in [0.15, 0.2) is 0 Å². The van der Waals surface area contributed by atoms with E-state index in [1.165, 1.54) is 0 Å². The van der Waals surface area contributed by atoms with Crippen LogP contribution < -0.4 is 5.32 Å². The van der Waals surface area contributed by atoms with Crippen LogP contribution in [0, 0.1) is 5.92 Å². The molecule has 1 rings (SSSR count). The lowest BCUT2D eigenvalue weighted by Gasteiger charge is -2.34. The number of hydrogen-bond acceptors (Lipinski definition) is 4. The molecule has 1 aliphatic heterocycles. The van der Waals surface area contributed by atoms with Crippen LogP contribution in [0.4, 0.5) is 0 Å². The number of nitrogens with one attached hydrogen (secondary N) is 1. The molecule has 0 aromatic rings. The van der Waals surface area contributed by atoms with E-state index in [-0.39, 0.29) is 18.3 Å². The molecule has 1 heterocycles. The van der Waals surface area contributed by atoms with Crippen molar-refractivity contribution in [1.29, 1.82) is 0 Å². The topological polar surface area (TPSA) is 41.6 Å². The van der Waals surface area contributed by atoms with Crippen LogP contribution >= 0.6 is 24.2 Å². The molecule has 0 radical (unpaired) electrons. The smallest absolute Gasteiger partial charge is 0.236 e. The SMILES string of the molecule is COCCNCC(=O)N1CCSC(C(C)C)C1.Cl. The van der Waals surface area contributed by atoms with E-state index in [0.717, 1.165) is 25.4 Å². The van der Waals surface area contributed by atoms with Gasteiger partial charge in [0, 0.05) is 37.7 Å². The maximum absolute atomic E-state index is 11.9. The molecule has 1 amide bonds. The third-order valence-corrected chi connectivity index (χ3v) is 4.49. The molecule has 18 heavy (non-hydrogen) atoms. The summed E-state index contributed by atoms with van der Waals surface area (Å²) in [6, 6.07) is 0. The van der Waals surface area contributed by atoms with Gasteiger partial charge in [-0.15, -0.1) is 12.4 Å². The average Bonchev–Trinajstić information content (AvgIpc) is 2.34. The van der Waals surface area contributed by atoms with Crippen LogP contribution in [-0.4, -0.2) is 61.7 Å². The van der Waals surface area contributed by atoms with E-state index < -0.39 is 0 Å². The van der Waals surface area contributed by atoms with E-state index in [1.54, 1.807) is 7.11 Å². The lowest BCUT2D eigenvalue weighted by atomic mass is 10.1. The summed E-state index contributed by atoms with van der Waals surface area (Å²) in [5.74, 6) is 1.91. The molecule has 1 aliphatic rings. The van der Waals surface area contributed by atoms with Crippen LogP contribution in [0.5, 0.6) is 0 Å². The zero-order valence-electron chi connectivity index (χ0n) is 11.5. The van der Waals surface area contributed by atoms with Gasteiger partial charge in [0.05, 0.1) is 13.2 Å². The van der Waals surface area contributed by atoms with Crippen molar-refractivity contribution in [3.8, 4) is 0 Å². The monoisotopic (exact) mass is 296 g/mol. The van der Waals surface area contributed by atoms with E-state index >= 15 is 0 Å². The highest BCUT2D eigenvalue weighted by atomic mass is 35.5. The summed E-state index contributed by atoms with van der Waals surface area (Å²) in [7, 11) is 1.67. The van der Waals surface area contributed by atoms with Crippen LogP contribution in [0.3, 0.4) is 0 Å². The highest BCUT2D eigenvalue weighted by Gasteiger charge is 2.25. The first-order valence-corrected chi connectivity index (χ1v) is 7.29. The molecule has 0 aliphatic carbocycles. The van der Waals surface area contributed by atoms with Crippen LogP contribution in [0.2, 0.25) is 0 Å². The molecule has 108 valence electrons. The van der Waals surface area contributed by atoms with E-state index in [2.05, 4.69) is 19.2 Å². The molecule has 1 unspecified atom stereocenters. The third kappa shape index (κ3) is 6.27. The van der Waals surface area contributed by atoms with E-state index in [9.17, 15) is 4.79 Å². The second-order valence-corrected chi connectivity index (χ2v) is 6.01. The maximum atomic E-state index is 11.9. The standard InChI is InChI=1S/C12H24N2O2S.ClH/c1-10(2)11-9-14(5-7-17-11)12(15)8-13-4-6-16-3;/h10-11,13H,4-9H2,1-3H3;1H. The van der Waals surface area contributed by atoms with Crippen LogP contribution in [0.25, 0.3) is 0 Å². The van der Waals surface area contributed by atoms with Crippen molar-refractivity contribution in [3.63, 3.8) is 0 Å². The first-order valence-electron chi connectivity index (χ1n) is 6.24. The van der Waals surface area contributed by atoms with Gasteiger partial charge >= 0.3 is 0 Å². The van der Waals surface area contributed by atoms with E-state index in [4.69, 9.17) is 4.74 Å². The Labute approximate surface area is 121 Å². The summed E-state index contributed by atoms with van der Waals surface area (Å²) in [4.78, 5) is 13.9. The Hall–Kier alpha value is 0.0300. The fraction of sp³-hybridized carbons (Fsp3) is 0.917. The van der Waals surface area contributed by atoms with Crippen molar-refractivity contribution in [3.05, 3.63) is 0 Å². The summed E-state index contributed by atoms with van der Waals surface area (Å²) >= 11 is 1.99. The fourth-order valence-electron chi connectivity index (χ4n) is 1.79. The Bertz CT molecular complexity index is 242. The van der Waals surface area contributed by atoms with Gasteiger partial charge in [-0.3, -0.25) is 4.79 Å². The number of methoxy groups -OCH3 is 1. The molecule has 0 aromatic carbocycles. The number of carbonyl (C=O) groups excluding carboxylic acids is 1. The Balaban J connectivity index is 0.00000289. The van der Waals surface area contributed by atoms with Crippen molar-refractivity contribution in [1.82, 2.24) is 10.2 Å². The van der Waals surface area contributed by atoms with Gasteiger partial charge in [0.2, 0.25) is 5.91 Å². The third-order valence-electron chi connectivity index (χ3n) is 2.95. The molecule has 6 heteroatoms. The molecule has 0 saturated carbocycles. The molecule has 1 N–H and O–H groups in total. The van der Waals surface area contributed by atoms with Gasteiger partial charge in [-0.05, 0) is 5.92 Å². The minimum Gasteiger partial charge on any atom is -0.383 e. The molecule has 0 spiro atoms. The second kappa shape index (κ2) is 9.89. The minimum absolute atomic E-state index is 0. The Morgan fingerprint density at radius 3 is 2.89 bits per heavy atom. The predicted octanol–water partition coefficient (Wildman–Crippen LogP) is 1.24. The van der Waals surface area contributed by atoms with Gasteiger partial charge < -0.3 is 15.0 Å². The maximum Gasteiger partial charge on any atom is 0.236 e. The lowest BCUT2D eigenvalue weighted by Crippen LogP contribution is -2.47. The van der Waals surface area contributed by atoms with Crippen molar-refractivity contribution >= 4 is 30.1 Å². The van der Waals surface area contributed by atoms with Gasteiger partial charge in [-0.2, -0.15) is 11.8 Å². The summed E-state index contributed by atoms with van der Waals surface area (Å²) in [6.07, 6.45) is 0. The van der Waals surface area contributed by atoms with Crippen molar-refractivity contribution in [2.24, 2.45) is 5.92 Å². The zero-order valence-corrected chi connectivity index (χ0v) is 13.1. The zero-order chi connectivity index (χ0) is 12.7. The van der Waals surface area contributed by atoms with Crippen molar-refractivity contribution < 1.29 is 9.53 Å². The number of thioether (sulfide) groups is 1. The summed E-state index contributed by atoms with van der Waals surface area (Å²) < 4.78 is 4.93. The average molecular weight is 297 g/mol. The highest BCUT2D eigenvalue weighted by Crippen LogP contribution is 2.24. The lowest BCUT2D eigenvalue weighted by molar-refractivity contribution is -0.130. The van der Waals surface area contributed by atoms with Gasteiger partial charge in [0.1, 0.15) is 0 Å². The molecule has 1 atom stereocenters. The predicted molar refractivity (Wildman–Crippen MR) is 79.7 cm³/mol. The van der Waals surface area contributed by atoms with Gasteiger partial charge in [0.15, 0.2) is 0 Å². The summed E-state index contributed by atoms with van der Waals surface area (Å²) in [5.41, 5.74) is 0. The van der Waals surface area contributed by atoms with E-state index in [0.29, 0.717) is 24.3 Å². The quantitative estimate of drug-likeness (QED) is 0.749. The van der Waals surface area contributed by atoms with Gasteiger partial charge in [0.25, 0.3) is 0 Å². The van der Waals surface area contributed by atoms with Crippen molar-refractivity contribution in [2.75, 3.05) is 45.6 Å². The minimum atomic E-state index is 0. The number of carbonyl (C=O) groups is 1. The molecule has 1 saturated heterocycles. The first kappa shape index (κ1) is 18.0. The van der Waals surface area contributed by atoms with Crippen LogP contribution in [0.1, 0.15) is 13.8 Å². The van der Waals surface area contributed by atoms with Gasteiger partial charge in [-0.1, -0.05) is 13.8 Å². The Morgan fingerprint density at radius 1 is 1.56 bits per heavy atom. The highest BCUT2D eigenvalue weighted by molar-refractivity contribution is 8.00. The number of ether oxygens (including phenoxy) is 1. The second-order valence-electron chi connectivity index (χ2n) is 4.66. The number of halogens is 1. The number of amides is 1. The molecular weight excluding hydrogens is 272 g/mol. The fourth-order valence-corrected chi connectivity index (χ4v) is 3.09. The normalized spacial score (nSPS) is 19.8. The first-order chi connectivity index (χ1) is 8.15. The van der Waals surface area contributed by atoms with Crippen LogP contribution in [-0.2, 0) is 9.53 Å². The number of nitrogens with zero attached hydrogens (tertiary/aromatic N) is 1. The Morgan fingerprint density at radius 2 is 2.28 bits per heavy atom.